The summed E-state index contributed by atoms with van der Waals surface area (Å²) in [5.74, 6) is -0.247. The van der Waals surface area contributed by atoms with E-state index in [2.05, 4.69) is 31.0 Å². The van der Waals surface area contributed by atoms with Crippen LogP contribution in [-0.2, 0) is 27.7 Å². The fraction of sp³-hybridized carbons (Fsp3) is 0.412. The molecule has 140 valence electrons. The zero-order valence-electron chi connectivity index (χ0n) is 14.1. The zero-order chi connectivity index (χ0) is 18.6. The van der Waals surface area contributed by atoms with Crippen LogP contribution in [0.1, 0.15) is 36.3 Å². The quantitative estimate of drug-likeness (QED) is 0.649. The third kappa shape index (κ3) is 4.91. The number of rotatable bonds is 6. The van der Waals surface area contributed by atoms with Crippen LogP contribution in [0.4, 0.5) is 5.13 Å². The maximum atomic E-state index is 12.3. The number of nitrogens with one attached hydrogen (secondary N) is 2. The molecule has 0 unspecified atom stereocenters. The third-order valence-corrected chi connectivity index (χ3v) is 7.66. The highest BCUT2D eigenvalue weighted by molar-refractivity contribution is 9.10. The molecule has 2 N–H and O–H groups in total. The zero-order valence-corrected chi connectivity index (χ0v) is 17.3. The average molecular weight is 458 g/mol. The number of carbonyl (C=O) groups is 1. The Kier molecular flexibility index (Phi) is 6.44. The molecule has 6 nitrogen and oxygen atoms in total. The van der Waals surface area contributed by atoms with Gasteiger partial charge in [-0.3, -0.25) is 4.79 Å². The van der Waals surface area contributed by atoms with E-state index in [1.54, 1.807) is 18.2 Å². The number of fused-ring (bicyclic) bond motifs is 1. The molecule has 0 radical (unpaired) electrons. The van der Waals surface area contributed by atoms with Crippen LogP contribution in [0.25, 0.3) is 0 Å². The van der Waals surface area contributed by atoms with Crippen molar-refractivity contribution in [1.29, 1.82) is 0 Å². The summed E-state index contributed by atoms with van der Waals surface area (Å²) in [6, 6.07) is 6.56. The van der Waals surface area contributed by atoms with Gasteiger partial charge in [-0.05, 0) is 53.7 Å². The number of carbonyl (C=O) groups excluding carboxylic acids is 1. The van der Waals surface area contributed by atoms with E-state index >= 15 is 0 Å². The molecule has 0 saturated carbocycles. The van der Waals surface area contributed by atoms with Crippen LogP contribution in [0.5, 0.6) is 0 Å². The summed E-state index contributed by atoms with van der Waals surface area (Å²) in [7, 11) is -3.66. The number of halogens is 1. The first-order valence-corrected chi connectivity index (χ1v) is 11.6. The Bertz CT molecular complexity index is 873. The average Bonchev–Trinajstić information content (AvgIpc) is 2.83. The van der Waals surface area contributed by atoms with Crippen LogP contribution in [0.3, 0.4) is 0 Å². The summed E-state index contributed by atoms with van der Waals surface area (Å²) < 4.78 is 27.5. The molecule has 3 rings (SSSR count). The van der Waals surface area contributed by atoms with Gasteiger partial charge in [0.1, 0.15) is 0 Å². The van der Waals surface area contributed by atoms with Gasteiger partial charge in [0.2, 0.25) is 15.9 Å². The van der Waals surface area contributed by atoms with Crippen LogP contribution in [-0.4, -0.2) is 25.9 Å². The molecule has 1 aromatic carbocycles. The molecule has 0 saturated heterocycles. The van der Waals surface area contributed by atoms with E-state index in [1.165, 1.54) is 35.1 Å². The number of benzene rings is 1. The van der Waals surface area contributed by atoms with Crippen LogP contribution in [0.15, 0.2) is 33.6 Å². The first-order valence-electron chi connectivity index (χ1n) is 8.48. The Hall–Kier alpha value is -1.29. The molecule has 1 amide bonds. The van der Waals surface area contributed by atoms with Gasteiger partial charge in [0.25, 0.3) is 0 Å². The number of nitrogens with zero attached hydrogens (tertiary/aromatic N) is 1. The first kappa shape index (κ1) is 19.5. The predicted molar refractivity (Wildman–Crippen MR) is 106 cm³/mol. The molecule has 1 aromatic heterocycles. The van der Waals surface area contributed by atoms with E-state index in [4.69, 9.17) is 0 Å². The molecule has 26 heavy (non-hydrogen) atoms. The lowest BCUT2D eigenvalue weighted by Crippen LogP contribution is -2.28. The van der Waals surface area contributed by atoms with Crippen LogP contribution < -0.4 is 10.0 Å². The van der Waals surface area contributed by atoms with Gasteiger partial charge in [0.15, 0.2) is 5.13 Å². The summed E-state index contributed by atoms with van der Waals surface area (Å²) in [6.45, 7) is 0.0284. The van der Waals surface area contributed by atoms with Crippen molar-refractivity contribution in [2.45, 2.75) is 43.4 Å². The summed E-state index contributed by atoms with van der Waals surface area (Å²) in [4.78, 5) is 18.0. The SMILES string of the molecule is O=C(CCNS(=O)(=O)c1ccccc1Br)Nc1nc2c(s1)CCCCC2. The van der Waals surface area contributed by atoms with E-state index in [9.17, 15) is 13.2 Å². The van der Waals surface area contributed by atoms with Crippen molar-refractivity contribution in [2.75, 3.05) is 11.9 Å². The molecule has 0 spiro atoms. The van der Waals surface area contributed by atoms with Crippen molar-refractivity contribution in [3.63, 3.8) is 0 Å². The Balaban J connectivity index is 1.52. The number of thiazole rings is 1. The summed E-state index contributed by atoms with van der Waals surface area (Å²) in [6.07, 6.45) is 5.57. The van der Waals surface area contributed by atoms with Gasteiger partial charge < -0.3 is 5.32 Å². The number of sulfonamides is 1. The molecular formula is C17H20BrN3O3S2. The number of anilines is 1. The van der Waals surface area contributed by atoms with Crippen molar-refractivity contribution in [2.24, 2.45) is 0 Å². The summed E-state index contributed by atoms with van der Waals surface area (Å²) >= 11 is 4.75. The van der Waals surface area contributed by atoms with Crippen molar-refractivity contribution in [3.05, 3.63) is 39.3 Å². The van der Waals surface area contributed by atoms with Crippen molar-refractivity contribution in [1.82, 2.24) is 9.71 Å². The normalized spacial score (nSPS) is 14.5. The van der Waals surface area contributed by atoms with Gasteiger partial charge in [0, 0.05) is 22.3 Å². The van der Waals surface area contributed by atoms with Crippen LogP contribution in [0, 0.1) is 0 Å². The van der Waals surface area contributed by atoms with Crippen molar-refractivity contribution in [3.8, 4) is 0 Å². The third-order valence-electron chi connectivity index (χ3n) is 4.11. The van der Waals surface area contributed by atoms with Gasteiger partial charge in [-0.2, -0.15) is 0 Å². The lowest BCUT2D eigenvalue weighted by Gasteiger charge is -2.08. The minimum atomic E-state index is -3.66. The van der Waals surface area contributed by atoms with Gasteiger partial charge in [0.05, 0.1) is 10.6 Å². The molecule has 0 fully saturated rings. The molecule has 2 aromatic rings. The first-order chi connectivity index (χ1) is 12.5. The highest BCUT2D eigenvalue weighted by Crippen LogP contribution is 2.29. The van der Waals surface area contributed by atoms with Gasteiger partial charge in [-0.15, -0.1) is 11.3 Å². The molecular weight excluding hydrogens is 438 g/mol. The van der Waals surface area contributed by atoms with Crippen molar-refractivity contribution < 1.29 is 13.2 Å². The molecule has 0 bridgehead atoms. The number of aromatic nitrogens is 1. The number of aryl methyl sites for hydroxylation is 2. The Labute approximate surface area is 165 Å². The van der Waals surface area contributed by atoms with Gasteiger partial charge in [-0.1, -0.05) is 18.6 Å². The predicted octanol–water partition coefficient (Wildman–Crippen LogP) is 3.48. The molecule has 1 aliphatic carbocycles. The van der Waals surface area contributed by atoms with E-state index in [0.29, 0.717) is 9.60 Å². The fourth-order valence-corrected chi connectivity index (χ4v) is 5.90. The largest absolute Gasteiger partial charge is 0.302 e. The second kappa shape index (κ2) is 8.60. The van der Waals surface area contributed by atoms with Gasteiger partial charge in [-0.25, -0.2) is 18.1 Å². The second-order valence-electron chi connectivity index (χ2n) is 6.08. The molecule has 1 heterocycles. The highest BCUT2D eigenvalue weighted by atomic mass is 79.9. The fourth-order valence-electron chi connectivity index (χ4n) is 2.80. The van der Waals surface area contributed by atoms with Crippen LogP contribution >= 0.6 is 27.3 Å². The van der Waals surface area contributed by atoms with E-state index < -0.39 is 10.0 Å². The second-order valence-corrected chi connectivity index (χ2v) is 9.75. The number of amides is 1. The van der Waals surface area contributed by atoms with E-state index in [0.717, 1.165) is 25.0 Å². The van der Waals surface area contributed by atoms with Crippen molar-refractivity contribution >= 4 is 48.3 Å². The monoisotopic (exact) mass is 457 g/mol. The Morgan fingerprint density at radius 1 is 1.19 bits per heavy atom. The lowest BCUT2D eigenvalue weighted by atomic mass is 10.2. The smallest absolute Gasteiger partial charge is 0.241 e. The lowest BCUT2D eigenvalue weighted by molar-refractivity contribution is -0.116. The molecule has 1 aliphatic rings. The minimum absolute atomic E-state index is 0.0284. The van der Waals surface area contributed by atoms with E-state index in [1.807, 2.05) is 0 Å². The molecule has 9 heteroatoms. The summed E-state index contributed by atoms with van der Waals surface area (Å²) in [5.41, 5.74) is 1.09. The number of hydrogen-bond acceptors (Lipinski definition) is 5. The Morgan fingerprint density at radius 2 is 1.96 bits per heavy atom. The Morgan fingerprint density at radius 3 is 2.77 bits per heavy atom. The molecule has 0 aliphatic heterocycles. The topological polar surface area (TPSA) is 88.2 Å². The maximum absolute atomic E-state index is 12.3. The van der Waals surface area contributed by atoms with E-state index in [-0.39, 0.29) is 23.8 Å². The highest BCUT2D eigenvalue weighted by Gasteiger charge is 2.18. The molecule has 0 atom stereocenters. The summed E-state index contributed by atoms with van der Waals surface area (Å²) in [5, 5.41) is 3.39. The van der Waals surface area contributed by atoms with Gasteiger partial charge >= 0.3 is 0 Å². The maximum Gasteiger partial charge on any atom is 0.241 e. The standard InChI is InChI=1S/C17H20BrN3O3S2/c18-12-6-4-5-9-15(12)26(23,24)19-11-10-16(22)21-17-20-13-7-2-1-3-8-14(13)25-17/h4-6,9,19H,1-3,7-8,10-11H2,(H,20,21,22). The number of hydrogen-bond donors (Lipinski definition) is 2. The minimum Gasteiger partial charge on any atom is -0.302 e. The van der Waals surface area contributed by atoms with Crippen LogP contribution in [0.2, 0.25) is 0 Å².